The second-order valence-electron chi connectivity index (χ2n) is 4.30. The Kier molecular flexibility index (Phi) is 3.62. The number of ether oxygens (including phenoxy) is 1. The van der Waals surface area contributed by atoms with Crippen molar-refractivity contribution in [1.29, 1.82) is 0 Å². The largest absolute Gasteiger partial charge is 0.489 e. The van der Waals surface area contributed by atoms with E-state index in [1.807, 2.05) is 13.1 Å². The molecule has 4 heteroatoms. The smallest absolute Gasteiger partial charge is 0.138 e. The van der Waals surface area contributed by atoms with Crippen LogP contribution in [-0.4, -0.2) is 24.2 Å². The molecule has 0 aliphatic heterocycles. The Bertz CT molecular complexity index is 318. The van der Waals surface area contributed by atoms with Gasteiger partial charge < -0.3 is 15.8 Å². The molecule has 1 saturated carbocycles. The number of rotatable bonds is 3. The molecule has 1 aliphatic rings. The Morgan fingerprint density at radius 1 is 1.31 bits per heavy atom. The molecule has 1 fully saturated rings. The Morgan fingerprint density at radius 2 is 2.06 bits per heavy atom. The highest BCUT2D eigenvalue weighted by atomic mass is 16.5. The summed E-state index contributed by atoms with van der Waals surface area (Å²) in [7, 11) is 2.02. The van der Waals surface area contributed by atoms with E-state index in [2.05, 4.69) is 10.3 Å². The number of nitrogen functional groups attached to an aromatic ring is 1. The highest BCUT2D eigenvalue weighted by Gasteiger charge is 2.21. The van der Waals surface area contributed by atoms with Crippen LogP contribution in [0.2, 0.25) is 0 Å². The summed E-state index contributed by atoms with van der Waals surface area (Å²) in [6.07, 6.45) is 6.60. The SMILES string of the molecule is CN[C@H]1CC[C@H](Oc2ccc(N)nc2)CC1. The van der Waals surface area contributed by atoms with Crippen LogP contribution in [0.3, 0.4) is 0 Å². The van der Waals surface area contributed by atoms with Gasteiger partial charge in [0.1, 0.15) is 11.6 Å². The van der Waals surface area contributed by atoms with Crippen molar-refractivity contribution in [2.45, 2.75) is 37.8 Å². The van der Waals surface area contributed by atoms with Crippen LogP contribution in [0.25, 0.3) is 0 Å². The van der Waals surface area contributed by atoms with Crippen molar-refractivity contribution in [3.8, 4) is 5.75 Å². The van der Waals surface area contributed by atoms with Crippen molar-refractivity contribution < 1.29 is 4.74 Å². The van der Waals surface area contributed by atoms with Crippen LogP contribution in [0.15, 0.2) is 18.3 Å². The number of hydrogen-bond acceptors (Lipinski definition) is 4. The first-order chi connectivity index (χ1) is 7.78. The van der Waals surface area contributed by atoms with Crippen LogP contribution >= 0.6 is 0 Å². The second kappa shape index (κ2) is 5.16. The highest BCUT2D eigenvalue weighted by molar-refractivity contribution is 5.32. The van der Waals surface area contributed by atoms with E-state index >= 15 is 0 Å². The maximum absolute atomic E-state index is 5.86. The van der Waals surface area contributed by atoms with E-state index in [0.717, 1.165) is 18.6 Å². The Labute approximate surface area is 96.2 Å². The van der Waals surface area contributed by atoms with E-state index in [1.165, 1.54) is 12.8 Å². The highest BCUT2D eigenvalue weighted by Crippen LogP contribution is 2.23. The van der Waals surface area contributed by atoms with Gasteiger partial charge in [-0.15, -0.1) is 0 Å². The molecular weight excluding hydrogens is 202 g/mol. The van der Waals surface area contributed by atoms with E-state index in [-0.39, 0.29) is 0 Å². The summed E-state index contributed by atoms with van der Waals surface area (Å²) in [5, 5.41) is 3.31. The number of hydrogen-bond donors (Lipinski definition) is 2. The van der Waals surface area contributed by atoms with Crippen LogP contribution in [0.4, 0.5) is 5.82 Å². The minimum absolute atomic E-state index is 0.329. The zero-order chi connectivity index (χ0) is 11.4. The predicted octanol–water partition coefficient (Wildman–Crippen LogP) is 1.57. The third-order valence-corrected chi connectivity index (χ3v) is 3.14. The lowest BCUT2D eigenvalue weighted by Gasteiger charge is -2.28. The zero-order valence-corrected chi connectivity index (χ0v) is 9.65. The molecule has 0 radical (unpaired) electrons. The monoisotopic (exact) mass is 221 g/mol. The first-order valence-electron chi connectivity index (χ1n) is 5.83. The number of anilines is 1. The minimum atomic E-state index is 0.329. The molecule has 0 atom stereocenters. The van der Waals surface area contributed by atoms with E-state index < -0.39 is 0 Å². The average molecular weight is 221 g/mol. The Hall–Kier alpha value is -1.29. The molecule has 1 heterocycles. The fourth-order valence-corrected chi connectivity index (χ4v) is 2.12. The molecule has 0 unspecified atom stereocenters. The van der Waals surface area contributed by atoms with E-state index in [0.29, 0.717) is 18.0 Å². The summed E-state index contributed by atoms with van der Waals surface area (Å²) < 4.78 is 5.86. The topological polar surface area (TPSA) is 60.2 Å². The van der Waals surface area contributed by atoms with Crippen molar-refractivity contribution in [1.82, 2.24) is 10.3 Å². The fourth-order valence-electron chi connectivity index (χ4n) is 2.12. The molecule has 1 aromatic heterocycles. The maximum Gasteiger partial charge on any atom is 0.138 e. The Morgan fingerprint density at radius 3 is 2.62 bits per heavy atom. The molecule has 2 rings (SSSR count). The second-order valence-corrected chi connectivity index (χ2v) is 4.30. The predicted molar refractivity (Wildman–Crippen MR) is 64.4 cm³/mol. The van der Waals surface area contributed by atoms with Crippen molar-refractivity contribution in [3.63, 3.8) is 0 Å². The van der Waals surface area contributed by atoms with Gasteiger partial charge in [-0.05, 0) is 44.9 Å². The lowest BCUT2D eigenvalue weighted by molar-refractivity contribution is 0.141. The standard InChI is InChI=1S/C12H19N3O/c1-14-9-2-4-10(5-3-9)16-11-6-7-12(13)15-8-11/h6-10,14H,2-5H2,1H3,(H2,13,15)/t9-,10-. The molecule has 1 aliphatic carbocycles. The van der Waals surface area contributed by atoms with Crippen molar-refractivity contribution in [2.24, 2.45) is 0 Å². The van der Waals surface area contributed by atoms with Gasteiger partial charge in [-0.2, -0.15) is 0 Å². The molecule has 0 bridgehead atoms. The lowest BCUT2D eigenvalue weighted by Crippen LogP contribution is -2.34. The van der Waals surface area contributed by atoms with Crippen LogP contribution in [0.1, 0.15) is 25.7 Å². The summed E-state index contributed by atoms with van der Waals surface area (Å²) in [6, 6.07) is 4.31. The summed E-state index contributed by atoms with van der Waals surface area (Å²) in [5.74, 6) is 1.35. The molecule has 16 heavy (non-hydrogen) atoms. The molecule has 0 amide bonds. The number of aromatic nitrogens is 1. The molecule has 4 nitrogen and oxygen atoms in total. The molecule has 0 saturated heterocycles. The van der Waals surface area contributed by atoms with E-state index in [9.17, 15) is 0 Å². The lowest BCUT2D eigenvalue weighted by atomic mass is 9.93. The minimum Gasteiger partial charge on any atom is -0.489 e. The number of nitrogens with zero attached hydrogens (tertiary/aromatic N) is 1. The summed E-state index contributed by atoms with van der Waals surface area (Å²) in [4.78, 5) is 4.02. The average Bonchev–Trinajstić information content (AvgIpc) is 2.33. The van der Waals surface area contributed by atoms with Gasteiger partial charge in [0.2, 0.25) is 0 Å². The molecule has 88 valence electrons. The van der Waals surface area contributed by atoms with Crippen LogP contribution < -0.4 is 15.8 Å². The van der Waals surface area contributed by atoms with Crippen LogP contribution in [-0.2, 0) is 0 Å². The van der Waals surface area contributed by atoms with Crippen molar-refractivity contribution in [2.75, 3.05) is 12.8 Å². The van der Waals surface area contributed by atoms with Gasteiger partial charge in [-0.3, -0.25) is 0 Å². The van der Waals surface area contributed by atoms with Crippen LogP contribution in [0, 0.1) is 0 Å². The zero-order valence-electron chi connectivity index (χ0n) is 9.65. The first-order valence-corrected chi connectivity index (χ1v) is 5.83. The summed E-state index contributed by atoms with van der Waals surface area (Å²) in [5.41, 5.74) is 5.52. The van der Waals surface area contributed by atoms with Crippen molar-refractivity contribution >= 4 is 5.82 Å². The maximum atomic E-state index is 5.86. The van der Waals surface area contributed by atoms with Gasteiger partial charge in [0.25, 0.3) is 0 Å². The normalized spacial score (nSPS) is 25.3. The molecule has 3 N–H and O–H groups in total. The quantitative estimate of drug-likeness (QED) is 0.813. The first kappa shape index (κ1) is 11.2. The number of nitrogens with two attached hydrogens (primary N) is 1. The van der Waals surface area contributed by atoms with Crippen molar-refractivity contribution in [3.05, 3.63) is 18.3 Å². The van der Waals surface area contributed by atoms with Gasteiger partial charge in [-0.1, -0.05) is 0 Å². The fraction of sp³-hybridized carbons (Fsp3) is 0.583. The number of nitrogens with one attached hydrogen (secondary N) is 1. The summed E-state index contributed by atoms with van der Waals surface area (Å²) in [6.45, 7) is 0. The van der Waals surface area contributed by atoms with Crippen LogP contribution in [0.5, 0.6) is 5.75 Å². The van der Waals surface area contributed by atoms with E-state index in [1.54, 1.807) is 12.3 Å². The molecule has 1 aromatic rings. The molecular formula is C12H19N3O. The van der Waals surface area contributed by atoms with Gasteiger partial charge >= 0.3 is 0 Å². The van der Waals surface area contributed by atoms with Gasteiger partial charge in [0.15, 0.2) is 0 Å². The van der Waals surface area contributed by atoms with E-state index in [4.69, 9.17) is 10.5 Å². The molecule has 0 aromatic carbocycles. The number of pyridine rings is 1. The molecule has 0 spiro atoms. The third kappa shape index (κ3) is 2.85. The van der Waals surface area contributed by atoms with Gasteiger partial charge in [0.05, 0.1) is 12.3 Å². The summed E-state index contributed by atoms with van der Waals surface area (Å²) >= 11 is 0. The Balaban J connectivity index is 1.84. The van der Waals surface area contributed by atoms with Gasteiger partial charge in [-0.25, -0.2) is 4.98 Å². The van der Waals surface area contributed by atoms with Gasteiger partial charge in [0, 0.05) is 6.04 Å². The third-order valence-electron chi connectivity index (χ3n) is 3.14.